The summed E-state index contributed by atoms with van der Waals surface area (Å²) < 4.78 is 5.31. The molecule has 0 bridgehead atoms. The lowest BCUT2D eigenvalue weighted by atomic mass is 9.73. The number of hydrogen-bond acceptors (Lipinski definition) is 3. The standard InChI is InChI=1S/C17H25NO2/c1-12-6-8-18-16(9-12)17(19)7-5-13-3-4-15(20-2)10-14(13)11-17/h3-4,10,12,16,18-19H,5-9,11H2,1-2H3. The summed E-state index contributed by atoms with van der Waals surface area (Å²) >= 11 is 0. The van der Waals surface area contributed by atoms with Crippen LogP contribution in [0.4, 0.5) is 0 Å². The molecule has 0 saturated carbocycles. The third-order valence-electron chi connectivity index (χ3n) is 5.05. The average Bonchev–Trinajstić information content (AvgIpc) is 2.46. The molecule has 1 saturated heterocycles. The van der Waals surface area contributed by atoms with E-state index in [-0.39, 0.29) is 6.04 Å². The molecule has 3 unspecified atom stereocenters. The van der Waals surface area contributed by atoms with Crippen LogP contribution in [0, 0.1) is 5.92 Å². The van der Waals surface area contributed by atoms with Crippen molar-refractivity contribution in [2.24, 2.45) is 5.92 Å². The summed E-state index contributed by atoms with van der Waals surface area (Å²) in [5.74, 6) is 1.59. The normalized spacial score (nSPS) is 33.5. The topological polar surface area (TPSA) is 41.5 Å². The monoisotopic (exact) mass is 275 g/mol. The van der Waals surface area contributed by atoms with Gasteiger partial charge in [0.05, 0.1) is 12.7 Å². The summed E-state index contributed by atoms with van der Waals surface area (Å²) in [5, 5.41) is 14.7. The molecule has 1 aliphatic carbocycles. The van der Waals surface area contributed by atoms with Crippen molar-refractivity contribution in [3.63, 3.8) is 0 Å². The largest absolute Gasteiger partial charge is 0.497 e. The summed E-state index contributed by atoms with van der Waals surface area (Å²) in [5.41, 5.74) is 2.01. The Hall–Kier alpha value is -1.06. The number of fused-ring (bicyclic) bond motifs is 1. The zero-order valence-corrected chi connectivity index (χ0v) is 12.5. The van der Waals surface area contributed by atoms with E-state index in [2.05, 4.69) is 24.4 Å². The molecule has 1 aromatic carbocycles. The van der Waals surface area contributed by atoms with Crippen molar-refractivity contribution < 1.29 is 9.84 Å². The fourth-order valence-corrected chi connectivity index (χ4v) is 3.72. The van der Waals surface area contributed by atoms with Gasteiger partial charge in [0.25, 0.3) is 0 Å². The summed E-state index contributed by atoms with van der Waals surface area (Å²) in [6.45, 7) is 3.32. The first-order valence-corrected chi connectivity index (χ1v) is 7.72. The highest BCUT2D eigenvalue weighted by molar-refractivity contribution is 5.39. The number of aryl methyl sites for hydroxylation is 1. The summed E-state index contributed by atoms with van der Waals surface area (Å²) in [6, 6.07) is 6.48. The van der Waals surface area contributed by atoms with Gasteiger partial charge in [0.1, 0.15) is 5.75 Å². The molecule has 0 spiro atoms. The molecule has 3 atom stereocenters. The molecule has 1 aliphatic heterocycles. The fourth-order valence-electron chi connectivity index (χ4n) is 3.72. The van der Waals surface area contributed by atoms with Crippen LogP contribution < -0.4 is 10.1 Å². The maximum Gasteiger partial charge on any atom is 0.119 e. The number of rotatable bonds is 2. The van der Waals surface area contributed by atoms with Crippen molar-refractivity contribution in [1.29, 1.82) is 0 Å². The lowest BCUT2D eigenvalue weighted by Gasteiger charge is -2.43. The zero-order chi connectivity index (χ0) is 14.2. The van der Waals surface area contributed by atoms with Crippen LogP contribution in [0.3, 0.4) is 0 Å². The van der Waals surface area contributed by atoms with Crippen molar-refractivity contribution >= 4 is 0 Å². The van der Waals surface area contributed by atoms with Gasteiger partial charge in [-0.05, 0) is 61.4 Å². The van der Waals surface area contributed by atoms with Gasteiger partial charge in [0, 0.05) is 12.5 Å². The first-order chi connectivity index (χ1) is 9.60. The Balaban J connectivity index is 1.82. The van der Waals surface area contributed by atoms with Crippen LogP contribution in [0.1, 0.15) is 37.3 Å². The molecule has 0 radical (unpaired) electrons. The van der Waals surface area contributed by atoms with Crippen LogP contribution in [0.15, 0.2) is 18.2 Å². The average molecular weight is 275 g/mol. The Kier molecular flexibility index (Phi) is 3.74. The van der Waals surface area contributed by atoms with E-state index in [0.717, 1.165) is 38.0 Å². The van der Waals surface area contributed by atoms with Crippen molar-refractivity contribution in [2.75, 3.05) is 13.7 Å². The Morgan fingerprint density at radius 2 is 2.20 bits per heavy atom. The predicted molar refractivity (Wildman–Crippen MR) is 80.2 cm³/mol. The molecule has 2 N–H and O–H groups in total. The quantitative estimate of drug-likeness (QED) is 0.870. The van der Waals surface area contributed by atoms with Gasteiger partial charge in [0.15, 0.2) is 0 Å². The van der Waals surface area contributed by atoms with Gasteiger partial charge in [-0.15, -0.1) is 0 Å². The van der Waals surface area contributed by atoms with Crippen LogP contribution in [0.25, 0.3) is 0 Å². The molecular formula is C17H25NO2. The van der Waals surface area contributed by atoms with E-state index in [1.165, 1.54) is 17.5 Å². The third kappa shape index (κ3) is 2.57. The van der Waals surface area contributed by atoms with Gasteiger partial charge in [-0.25, -0.2) is 0 Å². The van der Waals surface area contributed by atoms with Gasteiger partial charge >= 0.3 is 0 Å². The molecule has 1 heterocycles. The number of ether oxygens (including phenoxy) is 1. The molecule has 3 nitrogen and oxygen atoms in total. The highest BCUT2D eigenvalue weighted by Crippen LogP contribution is 2.36. The second-order valence-electron chi connectivity index (χ2n) is 6.55. The second kappa shape index (κ2) is 5.38. The van der Waals surface area contributed by atoms with E-state index in [9.17, 15) is 5.11 Å². The fraction of sp³-hybridized carbons (Fsp3) is 0.647. The maximum atomic E-state index is 11.1. The van der Waals surface area contributed by atoms with E-state index in [1.807, 2.05) is 6.07 Å². The number of aliphatic hydroxyl groups is 1. The number of nitrogens with one attached hydrogen (secondary N) is 1. The molecule has 0 aromatic heterocycles. The molecule has 1 aromatic rings. The molecule has 3 heteroatoms. The Labute approximate surface area is 121 Å². The van der Waals surface area contributed by atoms with Crippen LogP contribution in [0.2, 0.25) is 0 Å². The number of piperidine rings is 1. The lowest BCUT2D eigenvalue weighted by Crippen LogP contribution is -2.56. The van der Waals surface area contributed by atoms with Crippen LogP contribution in [-0.2, 0) is 12.8 Å². The highest BCUT2D eigenvalue weighted by Gasteiger charge is 2.41. The number of methoxy groups -OCH3 is 1. The van der Waals surface area contributed by atoms with E-state index < -0.39 is 5.60 Å². The Morgan fingerprint density at radius 3 is 2.95 bits per heavy atom. The second-order valence-corrected chi connectivity index (χ2v) is 6.55. The molecule has 0 amide bonds. The van der Waals surface area contributed by atoms with E-state index >= 15 is 0 Å². The smallest absolute Gasteiger partial charge is 0.119 e. The zero-order valence-electron chi connectivity index (χ0n) is 12.5. The Morgan fingerprint density at radius 1 is 1.35 bits per heavy atom. The van der Waals surface area contributed by atoms with E-state index in [4.69, 9.17) is 4.74 Å². The first kappa shape index (κ1) is 13.9. The van der Waals surface area contributed by atoms with Crippen LogP contribution in [0.5, 0.6) is 5.75 Å². The molecule has 20 heavy (non-hydrogen) atoms. The van der Waals surface area contributed by atoms with Gasteiger partial charge in [-0.2, -0.15) is 0 Å². The molecule has 110 valence electrons. The third-order valence-corrected chi connectivity index (χ3v) is 5.05. The summed E-state index contributed by atoms with van der Waals surface area (Å²) in [4.78, 5) is 0. The molecule has 1 fully saturated rings. The van der Waals surface area contributed by atoms with Crippen molar-refractivity contribution in [2.45, 2.75) is 50.7 Å². The van der Waals surface area contributed by atoms with E-state index in [1.54, 1.807) is 7.11 Å². The number of hydrogen-bond donors (Lipinski definition) is 2. The van der Waals surface area contributed by atoms with Crippen LogP contribution in [-0.4, -0.2) is 30.4 Å². The lowest BCUT2D eigenvalue weighted by molar-refractivity contribution is -0.0248. The summed E-state index contributed by atoms with van der Waals surface area (Å²) in [7, 11) is 1.70. The Bertz CT molecular complexity index is 488. The SMILES string of the molecule is COc1ccc2c(c1)CC(O)(C1CC(C)CCN1)CC2. The summed E-state index contributed by atoms with van der Waals surface area (Å²) in [6.07, 6.45) is 4.86. The van der Waals surface area contributed by atoms with E-state index in [0.29, 0.717) is 5.92 Å². The molecular weight excluding hydrogens is 250 g/mol. The van der Waals surface area contributed by atoms with Gasteiger partial charge in [0.2, 0.25) is 0 Å². The van der Waals surface area contributed by atoms with Crippen molar-refractivity contribution in [1.82, 2.24) is 5.32 Å². The van der Waals surface area contributed by atoms with Crippen molar-refractivity contribution in [3.05, 3.63) is 29.3 Å². The maximum absolute atomic E-state index is 11.1. The van der Waals surface area contributed by atoms with Crippen LogP contribution >= 0.6 is 0 Å². The highest BCUT2D eigenvalue weighted by atomic mass is 16.5. The first-order valence-electron chi connectivity index (χ1n) is 7.72. The minimum Gasteiger partial charge on any atom is -0.497 e. The molecule has 2 aliphatic rings. The van der Waals surface area contributed by atoms with Gasteiger partial charge in [-0.3, -0.25) is 0 Å². The minimum absolute atomic E-state index is 0.227. The minimum atomic E-state index is -0.603. The van der Waals surface area contributed by atoms with Gasteiger partial charge in [-0.1, -0.05) is 13.0 Å². The van der Waals surface area contributed by atoms with Gasteiger partial charge < -0.3 is 15.2 Å². The van der Waals surface area contributed by atoms with Crippen molar-refractivity contribution in [3.8, 4) is 5.75 Å². The molecule has 3 rings (SSSR count). The number of benzene rings is 1. The predicted octanol–water partition coefficient (Wildman–Crippen LogP) is 2.30.